The number of hydrogen-bond acceptors (Lipinski definition) is 2. The van der Waals surface area contributed by atoms with E-state index < -0.39 is 30.0 Å². The number of likely N-dealkylation sites (tertiary alicyclic amines) is 1. The fraction of sp³-hybridized carbons (Fsp3) is 0.778. The molecule has 4 nitrogen and oxygen atoms in total. The molecule has 0 aromatic carbocycles. The first-order chi connectivity index (χ1) is 7.25. The maximum atomic E-state index is 12.2. The number of halogens is 3. The molecule has 1 rings (SSSR count). The quantitative estimate of drug-likeness (QED) is 0.749. The van der Waals surface area contributed by atoms with Crippen molar-refractivity contribution in [3.63, 3.8) is 0 Å². The van der Waals surface area contributed by atoms with Crippen molar-refractivity contribution in [2.75, 3.05) is 6.54 Å². The maximum absolute atomic E-state index is 12.2. The van der Waals surface area contributed by atoms with Crippen molar-refractivity contribution in [3.8, 4) is 0 Å². The molecule has 1 N–H and O–H groups in total. The molecule has 92 valence electrons. The third-order valence-corrected chi connectivity index (χ3v) is 2.69. The van der Waals surface area contributed by atoms with Crippen molar-refractivity contribution in [1.29, 1.82) is 0 Å². The summed E-state index contributed by atoms with van der Waals surface area (Å²) in [5.74, 6) is -3.91. The van der Waals surface area contributed by atoms with Gasteiger partial charge in [0.25, 0.3) is 0 Å². The highest BCUT2D eigenvalue weighted by atomic mass is 19.4. The highest BCUT2D eigenvalue weighted by molar-refractivity contribution is 5.87. The molecule has 1 amide bonds. The number of carbonyl (C=O) groups excluding carboxylic acids is 1. The molecule has 1 fully saturated rings. The van der Waals surface area contributed by atoms with Gasteiger partial charge in [-0.05, 0) is 18.8 Å². The van der Waals surface area contributed by atoms with Crippen molar-refractivity contribution in [3.05, 3.63) is 0 Å². The maximum Gasteiger partial charge on any atom is 0.471 e. The van der Waals surface area contributed by atoms with Gasteiger partial charge in [0.05, 0.1) is 0 Å². The number of piperidine rings is 1. The van der Waals surface area contributed by atoms with E-state index in [1.807, 2.05) is 0 Å². The van der Waals surface area contributed by atoms with Crippen molar-refractivity contribution in [2.24, 2.45) is 5.92 Å². The lowest BCUT2D eigenvalue weighted by Gasteiger charge is -2.37. The van der Waals surface area contributed by atoms with Crippen molar-refractivity contribution >= 4 is 11.9 Å². The topological polar surface area (TPSA) is 57.6 Å². The number of nitrogens with zero attached hydrogens (tertiary/aromatic N) is 1. The van der Waals surface area contributed by atoms with Crippen LogP contribution in [0.25, 0.3) is 0 Å². The van der Waals surface area contributed by atoms with E-state index in [4.69, 9.17) is 5.11 Å². The van der Waals surface area contributed by atoms with Crippen LogP contribution in [0.3, 0.4) is 0 Å². The average Bonchev–Trinajstić information content (AvgIpc) is 2.14. The summed E-state index contributed by atoms with van der Waals surface area (Å²) in [6.07, 6.45) is -4.10. The Kier molecular flexibility index (Phi) is 3.44. The third-order valence-electron chi connectivity index (χ3n) is 2.69. The van der Waals surface area contributed by atoms with E-state index in [9.17, 15) is 22.8 Å². The first-order valence-corrected chi connectivity index (χ1v) is 4.85. The molecular formula is C9H12F3NO3. The minimum absolute atomic E-state index is 0.153. The van der Waals surface area contributed by atoms with E-state index >= 15 is 0 Å². The van der Waals surface area contributed by atoms with Gasteiger partial charge in [-0.25, -0.2) is 4.79 Å². The smallest absolute Gasteiger partial charge is 0.471 e. The lowest BCUT2D eigenvalue weighted by Crippen LogP contribution is -2.55. The lowest BCUT2D eigenvalue weighted by molar-refractivity contribution is -0.192. The van der Waals surface area contributed by atoms with Gasteiger partial charge in [0, 0.05) is 6.54 Å². The standard InChI is InChI=1S/C9H12F3NO3/c1-5-3-2-4-13(6(5)7(14)15)8(16)9(10,11)12/h5-6H,2-4H2,1H3,(H,14,15)/t5-,6+/m1/s1. The number of hydrogen-bond donors (Lipinski definition) is 1. The van der Waals surface area contributed by atoms with Crippen LogP contribution in [0.5, 0.6) is 0 Å². The SMILES string of the molecule is C[C@@H]1CCCN(C(=O)C(F)(F)F)[C@@H]1C(=O)O. The number of alkyl halides is 3. The van der Waals surface area contributed by atoms with Gasteiger partial charge in [-0.2, -0.15) is 13.2 Å². The van der Waals surface area contributed by atoms with Crippen LogP contribution in [-0.4, -0.2) is 40.6 Å². The number of amides is 1. The van der Waals surface area contributed by atoms with Crippen molar-refractivity contribution < 1.29 is 27.9 Å². The molecule has 1 saturated heterocycles. The molecule has 0 bridgehead atoms. The third kappa shape index (κ3) is 2.45. The summed E-state index contributed by atoms with van der Waals surface area (Å²) in [4.78, 5) is 22.3. The summed E-state index contributed by atoms with van der Waals surface area (Å²) in [6, 6.07) is -1.37. The predicted molar refractivity (Wildman–Crippen MR) is 47.6 cm³/mol. The molecule has 1 heterocycles. The van der Waals surface area contributed by atoms with Crippen LogP contribution in [-0.2, 0) is 9.59 Å². The monoisotopic (exact) mass is 239 g/mol. The molecule has 0 saturated carbocycles. The molecule has 0 aromatic heterocycles. The molecule has 16 heavy (non-hydrogen) atoms. The van der Waals surface area contributed by atoms with Gasteiger partial charge in [0.1, 0.15) is 6.04 Å². The van der Waals surface area contributed by atoms with E-state index in [0.29, 0.717) is 17.7 Å². The minimum Gasteiger partial charge on any atom is -0.480 e. The summed E-state index contributed by atoms with van der Waals surface area (Å²) in [7, 11) is 0. The zero-order valence-corrected chi connectivity index (χ0v) is 8.62. The van der Waals surface area contributed by atoms with Crippen LogP contribution in [0, 0.1) is 5.92 Å². The predicted octanol–water partition coefficient (Wildman–Crippen LogP) is 1.26. The molecule has 2 atom stereocenters. The van der Waals surface area contributed by atoms with Crippen LogP contribution in [0.15, 0.2) is 0 Å². The Morgan fingerprint density at radius 2 is 1.94 bits per heavy atom. The molecule has 0 aliphatic carbocycles. The van der Waals surface area contributed by atoms with E-state index in [1.54, 1.807) is 0 Å². The number of carboxylic acids is 1. The Morgan fingerprint density at radius 1 is 1.38 bits per heavy atom. The second-order valence-corrected chi connectivity index (χ2v) is 3.90. The second-order valence-electron chi connectivity index (χ2n) is 3.90. The van der Waals surface area contributed by atoms with E-state index in [2.05, 4.69) is 0 Å². The van der Waals surface area contributed by atoms with Gasteiger partial charge in [-0.3, -0.25) is 4.79 Å². The molecular weight excluding hydrogens is 227 g/mol. The summed E-state index contributed by atoms with van der Waals surface area (Å²) in [5.41, 5.74) is 0. The Bertz CT molecular complexity index is 303. The molecule has 1 aliphatic rings. The normalized spacial score (nSPS) is 26.6. The van der Waals surface area contributed by atoms with Crippen LogP contribution < -0.4 is 0 Å². The Labute approximate surface area is 90.0 Å². The van der Waals surface area contributed by atoms with Crippen molar-refractivity contribution in [2.45, 2.75) is 32.0 Å². The average molecular weight is 239 g/mol. The zero-order valence-electron chi connectivity index (χ0n) is 8.62. The van der Waals surface area contributed by atoms with Crippen LogP contribution in [0.4, 0.5) is 13.2 Å². The zero-order chi connectivity index (χ0) is 12.5. The molecule has 1 aliphatic heterocycles. The first kappa shape index (κ1) is 12.8. The number of aliphatic carboxylic acids is 1. The summed E-state index contributed by atoms with van der Waals surface area (Å²) in [6.45, 7) is 1.38. The molecule has 0 aromatic rings. The van der Waals surface area contributed by atoms with Crippen LogP contribution in [0.1, 0.15) is 19.8 Å². The van der Waals surface area contributed by atoms with Gasteiger partial charge in [0.15, 0.2) is 0 Å². The highest BCUT2D eigenvalue weighted by Gasteiger charge is 2.48. The van der Waals surface area contributed by atoms with E-state index in [0.717, 1.165) is 0 Å². The van der Waals surface area contributed by atoms with Gasteiger partial charge in [-0.1, -0.05) is 6.92 Å². The summed E-state index contributed by atoms with van der Waals surface area (Å²) in [5, 5.41) is 8.83. The summed E-state index contributed by atoms with van der Waals surface area (Å²) < 4.78 is 36.6. The summed E-state index contributed by atoms with van der Waals surface area (Å²) >= 11 is 0. The second kappa shape index (κ2) is 4.31. The van der Waals surface area contributed by atoms with Crippen molar-refractivity contribution in [1.82, 2.24) is 4.90 Å². The lowest BCUT2D eigenvalue weighted by atomic mass is 9.90. The Hall–Kier alpha value is -1.27. The number of rotatable bonds is 1. The van der Waals surface area contributed by atoms with Gasteiger partial charge >= 0.3 is 18.1 Å². The Balaban J connectivity index is 2.92. The molecule has 7 heteroatoms. The largest absolute Gasteiger partial charge is 0.480 e. The van der Waals surface area contributed by atoms with Gasteiger partial charge < -0.3 is 10.0 Å². The fourth-order valence-corrected chi connectivity index (χ4v) is 1.96. The van der Waals surface area contributed by atoms with E-state index in [1.165, 1.54) is 6.92 Å². The van der Waals surface area contributed by atoms with E-state index in [-0.39, 0.29) is 6.54 Å². The van der Waals surface area contributed by atoms with Gasteiger partial charge in [0.2, 0.25) is 0 Å². The number of carbonyl (C=O) groups is 2. The van der Waals surface area contributed by atoms with Crippen LogP contribution in [0.2, 0.25) is 0 Å². The first-order valence-electron chi connectivity index (χ1n) is 4.85. The van der Waals surface area contributed by atoms with Gasteiger partial charge in [-0.15, -0.1) is 0 Å². The molecule has 0 spiro atoms. The molecule has 0 unspecified atom stereocenters. The highest BCUT2D eigenvalue weighted by Crippen LogP contribution is 2.28. The number of carboxylic acid groups (broad SMARTS) is 1. The molecule has 0 radical (unpaired) electrons. The fourth-order valence-electron chi connectivity index (χ4n) is 1.96. The Morgan fingerprint density at radius 3 is 2.38 bits per heavy atom. The van der Waals surface area contributed by atoms with Crippen LogP contribution >= 0.6 is 0 Å². The minimum atomic E-state index is -5.01.